The molecule has 8 heteroatoms. The van der Waals surface area contributed by atoms with Gasteiger partial charge in [-0.1, -0.05) is 18.2 Å². The highest BCUT2D eigenvalue weighted by molar-refractivity contribution is 5.89. The van der Waals surface area contributed by atoms with Gasteiger partial charge in [0.1, 0.15) is 16.7 Å². The molecule has 8 nitrogen and oxygen atoms in total. The third kappa shape index (κ3) is 2.62. The van der Waals surface area contributed by atoms with E-state index in [4.69, 9.17) is 9.25 Å². The van der Waals surface area contributed by atoms with Crippen LogP contribution in [0.4, 0.5) is 11.6 Å². The maximum Gasteiger partial charge on any atom is 0.433 e. The quantitative estimate of drug-likeness (QED) is 0.669. The summed E-state index contributed by atoms with van der Waals surface area (Å²) in [6.07, 6.45) is 0.850. The fourth-order valence-electron chi connectivity index (χ4n) is 3.83. The summed E-state index contributed by atoms with van der Waals surface area (Å²) >= 11 is 0. The van der Waals surface area contributed by atoms with Crippen molar-refractivity contribution < 1.29 is 19.0 Å². The molecule has 2 saturated heterocycles. The second kappa shape index (κ2) is 5.57. The normalized spacial score (nSPS) is 27.1. The molecule has 0 saturated carbocycles. The fraction of sp³-hybridized carbons (Fsp3) is 0.389. The van der Waals surface area contributed by atoms with Crippen LogP contribution in [0, 0.1) is 10.1 Å². The van der Waals surface area contributed by atoms with Crippen molar-refractivity contribution in [3.05, 3.63) is 58.3 Å². The summed E-state index contributed by atoms with van der Waals surface area (Å²) in [5.74, 6) is -0.105. The molecule has 4 rings (SSSR count). The van der Waals surface area contributed by atoms with Gasteiger partial charge in [-0.15, -0.1) is 0 Å². The molecule has 0 radical (unpaired) electrons. The molecular formula is C18H19N3O5. The standard InChI is InChI=1S/C18H19N3O5/c1-17(2)11-18(16(22)19-17)10-13(14-8-9-15(25-14)21(23)24)20(26-18)12-6-4-3-5-7-12/h3-9,13H,10-11H2,1-2H3,(H,19,22)/t13-,18+/m1/s1. The molecule has 2 atom stereocenters. The Morgan fingerprint density at radius 2 is 1.96 bits per heavy atom. The number of furan rings is 1. The lowest BCUT2D eigenvalue weighted by atomic mass is 9.88. The van der Waals surface area contributed by atoms with Gasteiger partial charge in [-0.2, -0.15) is 0 Å². The van der Waals surface area contributed by atoms with Gasteiger partial charge in [0, 0.05) is 18.4 Å². The number of benzene rings is 1. The smallest absolute Gasteiger partial charge is 0.404 e. The summed E-state index contributed by atoms with van der Waals surface area (Å²) in [5.41, 5.74) is -0.652. The molecule has 0 bridgehead atoms. The van der Waals surface area contributed by atoms with Gasteiger partial charge in [0.15, 0.2) is 5.60 Å². The first-order valence-electron chi connectivity index (χ1n) is 8.40. The highest BCUT2D eigenvalue weighted by atomic mass is 16.7. The number of anilines is 1. The summed E-state index contributed by atoms with van der Waals surface area (Å²) in [7, 11) is 0. The SMILES string of the molecule is CC1(C)C[C@@]2(C[C@H](c3ccc([N+](=O)[O-])o3)N(c3ccccc3)O2)C(=O)N1. The second-order valence-corrected chi connectivity index (χ2v) is 7.41. The first-order chi connectivity index (χ1) is 12.3. The molecule has 3 heterocycles. The van der Waals surface area contributed by atoms with Gasteiger partial charge < -0.3 is 9.73 Å². The Morgan fingerprint density at radius 1 is 1.23 bits per heavy atom. The largest absolute Gasteiger partial charge is 0.433 e. The van der Waals surface area contributed by atoms with Crippen molar-refractivity contribution in [2.75, 3.05) is 5.06 Å². The maximum absolute atomic E-state index is 12.7. The number of hydrogen-bond donors (Lipinski definition) is 1. The highest BCUT2D eigenvalue weighted by Gasteiger charge is 2.59. The predicted octanol–water partition coefficient (Wildman–Crippen LogP) is 3.11. The van der Waals surface area contributed by atoms with E-state index in [1.165, 1.54) is 6.07 Å². The number of para-hydroxylation sites is 1. The number of rotatable bonds is 3. The van der Waals surface area contributed by atoms with Crippen LogP contribution in [-0.4, -0.2) is 22.0 Å². The number of nitrogens with zero attached hydrogens (tertiary/aromatic N) is 2. The first-order valence-corrected chi connectivity index (χ1v) is 8.40. The van der Waals surface area contributed by atoms with E-state index in [1.807, 2.05) is 44.2 Å². The summed E-state index contributed by atoms with van der Waals surface area (Å²) in [4.78, 5) is 29.2. The van der Waals surface area contributed by atoms with E-state index in [0.29, 0.717) is 18.6 Å². The van der Waals surface area contributed by atoms with Gasteiger partial charge in [0.25, 0.3) is 5.91 Å². The van der Waals surface area contributed by atoms with Crippen molar-refractivity contribution in [1.82, 2.24) is 5.32 Å². The molecule has 2 aliphatic rings. The van der Waals surface area contributed by atoms with E-state index in [-0.39, 0.29) is 17.3 Å². The fourth-order valence-corrected chi connectivity index (χ4v) is 3.83. The molecule has 1 amide bonds. The van der Waals surface area contributed by atoms with Crippen LogP contribution in [0.3, 0.4) is 0 Å². The topological polar surface area (TPSA) is 97.8 Å². The van der Waals surface area contributed by atoms with Crippen molar-refractivity contribution >= 4 is 17.5 Å². The minimum Gasteiger partial charge on any atom is -0.404 e. The summed E-state index contributed by atoms with van der Waals surface area (Å²) < 4.78 is 5.42. The minimum atomic E-state index is -1.02. The zero-order valence-corrected chi connectivity index (χ0v) is 14.5. The summed E-state index contributed by atoms with van der Waals surface area (Å²) in [5, 5.41) is 15.6. The van der Waals surface area contributed by atoms with Crippen LogP contribution in [-0.2, 0) is 9.63 Å². The summed E-state index contributed by atoms with van der Waals surface area (Å²) in [6.45, 7) is 3.89. The lowest BCUT2D eigenvalue weighted by Crippen LogP contribution is -2.39. The predicted molar refractivity (Wildman–Crippen MR) is 92.3 cm³/mol. The average molecular weight is 357 g/mol. The van der Waals surface area contributed by atoms with Crippen LogP contribution in [0.5, 0.6) is 0 Å². The number of hydrogen-bond acceptors (Lipinski definition) is 6. The molecule has 1 spiro atoms. The van der Waals surface area contributed by atoms with E-state index in [1.54, 1.807) is 11.1 Å². The molecule has 0 aliphatic carbocycles. The van der Waals surface area contributed by atoms with E-state index in [9.17, 15) is 14.9 Å². The first kappa shape index (κ1) is 16.6. The maximum atomic E-state index is 12.7. The monoisotopic (exact) mass is 357 g/mol. The van der Waals surface area contributed by atoms with E-state index >= 15 is 0 Å². The van der Waals surface area contributed by atoms with Gasteiger partial charge in [0.2, 0.25) is 0 Å². The van der Waals surface area contributed by atoms with E-state index in [0.717, 1.165) is 5.69 Å². The van der Waals surface area contributed by atoms with Gasteiger partial charge in [-0.3, -0.25) is 19.7 Å². The van der Waals surface area contributed by atoms with Crippen LogP contribution < -0.4 is 10.4 Å². The van der Waals surface area contributed by atoms with Crippen molar-refractivity contribution in [2.45, 2.75) is 43.9 Å². The van der Waals surface area contributed by atoms with Crippen molar-refractivity contribution in [1.29, 1.82) is 0 Å². The Kier molecular flexibility index (Phi) is 3.55. The molecule has 2 fully saturated rings. The van der Waals surface area contributed by atoms with Gasteiger partial charge in [0.05, 0.1) is 11.8 Å². The molecule has 0 unspecified atom stereocenters. The van der Waals surface area contributed by atoms with Crippen LogP contribution >= 0.6 is 0 Å². The van der Waals surface area contributed by atoms with Crippen LogP contribution in [0.15, 0.2) is 46.9 Å². The summed E-state index contributed by atoms with van der Waals surface area (Å²) in [6, 6.07) is 11.8. The Balaban J connectivity index is 1.74. The third-order valence-corrected chi connectivity index (χ3v) is 4.80. The van der Waals surface area contributed by atoms with Gasteiger partial charge in [-0.05, 0) is 32.0 Å². The van der Waals surface area contributed by atoms with Crippen molar-refractivity contribution in [3.8, 4) is 0 Å². The average Bonchev–Trinajstić information content (AvgIpc) is 3.25. The number of carbonyl (C=O) groups is 1. The van der Waals surface area contributed by atoms with Crippen LogP contribution in [0.1, 0.15) is 38.5 Å². The molecule has 136 valence electrons. The van der Waals surface area contributed by atoms with E-state index < -0.39 is 16.6 Å². The zero-order valence-electron chi connectivity index (χ0n) is 14.5. The number of carbonyl (C=O) groups excluding carboxylic acids is 1. The third-order valence-electron chi connectivity index (χ3n) is 4.80. The Labute approximate surface area is 149 Å². The lowest BCUT2D eigenvalue weighted by molar-refractivity contribution is -0.402. The molecule has 1 aromatic carbocycles. The number of amides is 1. The number of nitrogens with one attached hydrogen (secondary N) is 1. The lowest BCUT2D eigenvalue weighted by Gasteiger charge is -2.25. The molecular weight excluding hydrogens is 338 g/mol. The second-order valence-electron chi connectivity index (χ2n) is 7.41. The van der Waals surface area contributed by atoms with Crippen LogP contribution in [0.25, 0.3) is 0 Å². The molecule has 2 aliphatic heterocycles. The number of hydroxylamine groups is 1. The molecule has 1 aromatic heterocycles. The Morgan fingerprint density at radius 3 is 2.54 bits per heavy atom. The van der Waals surface area contributed by atoms with Crippen molar-refractivity contribution in [2.24, 2.45) is 0 Å². The van der Waals surface area contributed by atoms with Gasteiger partial charge >= 0.3 is 5.88 Å². The zero-order chi connectivity index (χ0) is 18.5. The number of nitro groups is 1. The minimum absolute atomic E-state index is 0.174. The highest BCUT2D eigenvalue weighted by Crippen LogP contribution is 2.49. The Bertz CT molecular complexity index is 863. The van der Waals surface area contributed by atoms with E-state index in [2.05, 4.69) is 5.32 Å². The Hall–Kier alpha value is -2.87. The molecule has 26 heavy (non-hydrogen) atoms. The van der Waals surface area contributed by atoms with Gasteiger partial charge in [-0.25, -0.2) is 5.06 Å². The molecule has 1 N–H and O–H groups in total. The van der Waals surface area contributed by atoms with Crippen LogP contribution in [0.2, 0.25) is 0 Å². The molecule has 2 aromatic rings. The van der Waals surface area contributed by atoms with Crippen molar-refractivity contribution in [3.63, 3.8) is 0 Å².